The Morgan fingerprint density at radius 2 is 1.76 bits per heavy atom. The number of pyridine rings is 1. The number of carbonyl (C=O) groups is 1. The summed E-state index contributed by atoms with van der Waals surface area (Å²) in [5.74, 6) is 1.01. The molecule has 0 bridgehead atoms. The van der Waals surface area contributed by atoms with Crippen molar-refractivity contribution in [2.75, 3.05) is 51.7 Å². The molecule has 1 aliphatic carbocycles. The lowest BCUT2D eigenvalue weighted by Crippen LogP contribution is -2.54. The molecule has 0 unspecified atom stereocenters. The van der Waals surface area contributed by atoms with Crippen LogP contribution in [0.2, 0.25) is 0 Å². The molecular weight excluding hydrogens is 412 g/mol. The van der Waals surface area contributed by atoms with Gasteiger partial charge in [0, 0.05) is 51.0 Å². The second-order valence-electron chi connectivity index (χ2n) is 10.1. The zero-order valence-electron chi connectivity index (χ0n) is 19.9. The summed E-state index contributed by atoms with van der Waals surface area (Å²) in [7, 11) is 4.37. The monoisotopic (exact) mass is 448 g/mol. The van der Waals surface area contributed by atoms with Crippen LogP contribution >= 0.6 is 0 Å². The molecule has 2 amide bonds. The van der Waals surface area contributed by atoms with Gasteiger partial charge in [0.15, 0.2) is 0 Å². The van der Waals surface area contributed by atoms with Crippen LogP contribution in [0.1, 0.15) is 36.8 Å². The molecule has 7 heteroatoms. The van der Waals surface area contributed by atoms with Gasteiger partial charge in [-0.05, 0) is 63.0 Å². The predicted octanol–water partition coefficient (Wildman–Crippen LogP) is 2.79. The van der Waals surface area contributed by atoms with Gasteiger partial charge in [-0.15, -0.1) is 0 Å². The molecule has 3 fully saturated rings. The highest BCUT2D eigenvalue weighted by molar-refractivity contribution is 5.78. The molecule has 2 aromatic rings. The fourth-order valence-electron chi connectivity index (χ4n) is 5.92. The minimum Gasteiger partial charge on any atom is -0.354 e. The summed E-state index contributed by atoms with van der Waals surface area (Å²) in [5.41, 5.74) is 2.44. The van der Waals surface area contributed by atoms with Gasteiger partial charge in [0.05, 0.1) is 5.54 Å². The molecule has 0 radical (unpaired) electrons. The first-order valence-electron chi connectivity index (χ1n) is 12.2. The number of amides is 2. The van der Waals surface area contributed by atoms with Gasteiger partial charge in [-0.25, -0.2) is 9.78 Å². The molecular formula is C26H36N6O. The highest BCUT2D eigenvalue weighted by Crippen LogP contribution is 2.46. The molecule has 0 atom stereocenters. The number of anilines is 1. The second-order valence-corrected chi connectivity index (χ2v) is 10.1. The van der Waals surface area contributed by atoms with E-state index < -0.39 is 0 Å². The van der Waals surface area contributed by atoms with Gasteiger partial charge in [0.2, 0.25) is 0 Å². The number of aromatic nitrogens is 1. The van der Waals surface area contributed by atoms with Gasteiger partial charge in [-0.2, -0.15) is 0 Å². The summed E-state index contributed by atoms with van der Waals surface area (Å²) in [4.78, 5) is 24.2. The first-order valence-corrected chi connectivity index (χ1v) is 12.2. The zero-order valence-corrected chi connectivity index (χ0v) is 19.9. The number of piperazine rings is 1. The molecule has 2 saturated heterocycles. The number of nitrogens with one attached hydrogen (secondary N) is 2. The fraction of sp³-hybridized carbons (Fsp3) is 0.538. The maximum atomic E-state index is 13.0. The minimum atomic E-state index is -0.125. The van der Waals surface area contributed by atoms with Crippen LogP contribution in [0.25, 0.3) is 0 Å². The third-order valence-corrected chi connectivity index (χ3v) is 7.98. The first-order chi connectivity index (χ1) is 16.0. The molecule has 3 heterocycles. The van der Waals surface area contributed by atoms with E-state index in [1.165, 1.54) is 5.56 Å². The van der Waals surface area contributed by atoms with Crippen molar-refractivity contribution in [1.82, 2.24) is 25.4 Å². The number of carbonyl (C=O) groups excluding carboxylic acids is 1. The van der Waals surface area contributed by atoms with Gasteiger partial charge < -0.3 is 20.4 Å². The SMILES string of the molecule is CN(C)[C@]1(c2ccccc2)CC[C@]2(CC1)CN(Cc1ccnc(N3CCNCC3)c1)C(=O)N2. The number of benzene rings is 1. The third kappa shape index (κ3) is 4.32. The number of hydrogen-bond donors (Lipinski definition) is 2. The predicted molar refractivity (Wildman–Crippen MR) is 131 cm³/mol. The Morgan fingerprint density at radius 3 is 2.45 bits per heavy atom. The van der Waals surface area contributed by atoms with E-state index in [0.717, 1.165) is 69.8 Å². The number of nitrogens with zero attached hydrogens (tertiary/aromatic N) is 4. The average Bonchev–Trinajstić information content (AvgIpc) is 3.15. The van der Waals surface area contributed by atoms with Crippen LogP contribution < -0.4 is 15.5 Å². The van der Waals surface area contributed by atoms with E-state index in [4.69, 9.17) is 0 Å². The van der Waals surface area contributed by atoms with Crippen molar-refractivity contribution in [1.29, 1.82) is 0 Å². The van der Waals surface area contributed by atoms with Crippen LogP contribution in [0.3, 0.4) is 0 Å². The van der Waals surface area contributed by atoms with Gasteiger partial charge in [0.25, 0.3) is 0 Å². The van der Waals surface area contributed by atoms with E-state index in [9.17, 15) is 4.79 Å². The van der Waals surface area contributed by atoms with Gasteiger partial charge >= 0.3 is 6.03 Å². The lowest BCUT2D eigenvalue weighted by molar-refractivity contribution is 0.0617. The Labute approximate surface area is 197 Å². The Balaban J connectivity index is 1.27. The van der Waals surface area contributed by atoms with Crippen molar-refractivity contribution in [2.24, 2.45) is 0 Å². The third-order valence-electron chi connectivity index (χ3n) is 7.98. The largest absolute Gasteiger partial charge is 0.354 e. The maximum Gasteiger partial charge on any atom is 0.318 e. The average molecular weight is 449 g/mol. The molecule has 1 spiro atoms. The highest BCUT2D eigenvalue weighted by atomic mass is 16.2. The molecule has 1 aromatic carbocycles. The standard InChI is InChI=1S/C26H36N6O/c1-30(2)26(22-6-4-3-5-7-22)11-9-25(10-12-26)20-32(24(33)29-25)19-21-8-13-28-23(18-21)31-16-14-27-15-17-31/h3-8,13,18,27H,9-12,14-17,19-20H2,1-2H3,(H,29,33)/t25-,26+. The van der Waals surface area contributed by atoms with Gasteiger partial charge in [-0.1, -0.05) is 30.3 Å². The van der Waals surface area contributed by atoms with E-state index in [1.807, 2.05) is 17.2 Å². The molecule has 2 N–H and O–H groups in total. The quantitative estimate of drug-likeness (QED) is 0.737. The molecule has 33 heavy (non-hydrogen) atoms. The lowest BCUT2D eigenvalue weighted by Gasteiger charge is -2.48. The molecule has 2 aliphatic heterocycles. The Hall–Kier alpha value is -2.64. The molecule has 176 valence electrons. The Morgan fingerprint density at radius 1 is 1.03 bits per heavy atom. The van der Waals surface area contributed by atoms with Crippen LogP contribution in [-0.2, 0) is 12.1 Å². The van der Waals surface area contributed by atoms with Crippen molar-refractivity contribution >= 4 is 11.8 Å². The summed E-state index contributed by atoms with van der Waals surface area (Å²) >= 11 is 0. The highest BCUT2D eigenvalue weighted by Gasteiger charge is 2.49. The van der Waals surface area contributed by atoms with Crippen molar-refractivity contribution in [3.05, 3.63) is 59.8 Å². The van der Waals surface area contributed by atoms with E-state index in [2.05, 4.69) is 75.9 Å². The number of hydrogen-bond acceptors (Lipinski definition) is 5. The molecule has 1 saturated carbocycles. The first kappa shape index (κ1) is 22.2. The van der Waals surface area contributed by atoms with Gasteiger partial charge in [-0.3, -0.25) is 4.90 Å². The summed E-state index contributed by atoms with van der Waals surface area (Å²) in [5, 5.41) is 6.77. The summed E-state index contributed by atoms with van der Waals surface area (Å²) in [6, 6.07) is 15.1. The Bertz CT molecular complexity index is 964. The van der Waals surface area contributed by atoms with E-state index >= 15 is 0 Å². The number of rotatable bonds is 5. The van der Waals surface area contributed by atoms with E-state index in [0.29, 0.717) is 6.54 Å². The normalized spacial score (nSPS) is 27.9. The smallest absolute Gasteiger partial charge is 0.318 e. The van der Waals surface area contributed by atoms with Crippen molar-refractivity contribution in [3.8, 4) is 0 Å². The van der Waals surface area contributed by atoms with Crippen molar-refractivity contribution in [2.45, 2.75) is 43.3 Å². The molecule has 3 aliphatic rings. The Kier molecular flexibility index (Phi) is 6.01. The van der Waals surface area contributed by atoms with Crippen LogP contribution in [0.4, 0.5) is 10.6 Å². The maximum absolute atomic E-state index is 13.0. The van der Waals surface area contributed by atoms with Crippen LogP contribution in [0, 0.1) is 0 Å². The van der Waals surface area contributed by atoms with Gasteiger partial charge in [0.1, 0.15) is 5.82 Å². The van der Waals surface area contributed by atoms with Crippen LogP contribution in [-0.4, -0.2) is 73.2 Å². The van der Waals surface area contributed by atoms with Crippen LogP contribution in [0.5, 0.6) is 0 Å². The second kappa shape index (κ2) is 8.95. The topological polar surface area (TPSA) is 63.7 Å². The minimum absolute atomic E-state index is 0.0357. The van der Waals surface area contributed by atoms with E-state index in [-0.39, 0.29) is 17.1 Å². The molecule has 7 nitrogen and oxygen atoms in total. The van der Waals surface area contributed by atoms with Crippen LogP contribution in [0.15, 0.2) is 48.7 Å². The zero-order chi connectivity index (χ0) is 22.9. The van der Waals surface area contributed by atoms with E-state index in [1.54, 1.807) is 0 Å². The fourth-order valence-corrected chi connectivity index (χ4v) is 5.92. The summed E-state index contributed by atoms with van der Waals surface area (Å²) < 4.78 is 0. The molecule has 1 aromatic heterocycles. The summed E-state index contributed by atoms with van der Waals surface area (Å²) in [6.45, 7) is 5.32. The lowest BCUT2D eigenvalue weighted by atomic mass is 9.69. The van der Waals surface area contributed by atoms with Crippen molar-refractivity contribution in [3.63, 3.8) is 0 Å². The molecule has 5 rings (SSSR count). The number of urea groups is 1. The summed E-state index contributed by atoms with van der Waals surface area (Å²) in [6.07, 6.45) is 5.94. The van der Waals surface area contributed by atoms with Crippen molar-refractivity contribution < 1.29 is 4.79 Å².